The second kappa shape index (κ2) is 9.29. The highest BCUT2D eigenvalue weighted by Gasteiger charge is 2.32. The molecule has 0 spiro atoms. The van der Waals surface area contributed by atoms with Gasteiger partial charge in [-0.3, -0.25) is 14.9 Å². The lowest BCUT2D eigenvalue weighted by atomic mass is 10.1. The second-order valence-electron chi connectivity index (χ2n) is 6.70. The van der Waals surface area contributed by atoms with Crippen molar-refractivity contribution in [2.75, 3.05) is 39.3 Å². The molecular formula is C20H24N4O6. The molecule has 10 heteroatoms. The number of nitrogens with zero attached hydrogens (tertiary/aromatic N) is 3. The highest BCUT2D eigenvalue weighted by atomic mass is 16.6. The minimum absolute atomic E-state index is 0.0463. The molecule has 0 unspecified atom stereocenters. The highest BCUT2D eigenvalue weighted by molar-refractivity contribution is 6.00. The number of amides is 1. The van der Waals surface area contributed by atoms with E-state index in [9.17, 15) is 14.9 Å². The zero-order chi connectivity index (χ0) is 21.7. The number of benzene rings is 1. The molecule has 2 heterocycles. The lowest BCUT2D eigenvalue weighted by Gasteiger charge is -2.16. The lowest BCUT2D eigenvalue weighted by molar-refractivity contribution is -0.386. The Kier molecular flexibility index (Phi) is 6.55. The molecule has 1 saturated heterocycles. The van der Waals surface area contributed by atoms with Crippen LogP contribution in [-0.4, -0.2) is 50.2 Å². The van der Waals surface area contributed by atoms with Gasteiger partial charge in [0.25, 0.3) is 5.91 Å². The summed E-state index contributed by atoms with van der Waals surface area (Å²) in [6, 6.07) is 5.06. The molecule has 1 fully saturated rings. The molecule has 0 aliphatic carbocycles. The van der Waals surface area contributed by atoms with Gasteiger partial charge in [0.15, 0.2) is 5.75 Å². The molecule has 1 amide bonds. The smallest absolute Gasteiger partial charge is 0.327 e. The van der Waals surface area contributed by atoms with Crippen LogP contribution in [0.1, 0.15) is 28.8 Å². The first-order valence-electron chi connectivity index (χ1n) is 9.45. The highest BCUT2D eigenvalue weighted by Crippen LogP contribution is 2.46. The van der Waals surface area contributed by atoms with Crippen LogP contribution in [0.25, 0.3) is 0 Å². The van der Waals surface area contributed by atoms with Crippen LogP contribution < -0.4 is 24.4 Å². The van der Waals surface area contributed by atoms with E-state index >= 15 is 0 Å². The van der Waals surface area contributed by atoms with E-state index in [1.54, 1.807) is 6.20 Å². The van der Waals surface area contributed by atoms with Gasteiger partial charge >= 0.3 is 5.69 Å². The SMILES string of the molecule is COc1cc(C(=O)NCc2ccc(N3CCCC3)nc2)c([N+](=O)[O-])c(OC)c1OC. The molecule has 1 aliphatic heterocycles. The van der Waals surface area contributed by atoms with Crippen molar-refractivity contribution in [1.29, 1.82) is 0 Å². The van der Waals surface area contributed by atoms with Gasteiger partial charge in [-0.1, -0.05) is 6.07 Å². The lowest BCUT2D eigenvalue weighted by Crippen LogP contribution is -2.24. The van der Waals surface area contributed by atoms with Gasteiger partial charge in [-0.05, 0) is 24.5 Å². The first kappa shape index (κ1) is 21.2. The van der Waals surface area contributed by atoms with E-state index < -0.39 is 16.5 Å². The molecule has 0 bridgehead atoms. The van der Waals surface area contributed by atoms with Crippen molar-refractivity contribution >= 4 is 17.4 Å². The second-order valence-corrected chi connectivity index (χ2v) is 6.70. The molecule has 1 aliphatic rings. The predicted octanol–water partition coefficient (Wildman–Crippen LogP) is 2.55. The van der Waals surface area contributed by atoms with Crippen molar-refractivity contribution in [1.82, 2.24) is 10.3 Å². The monoisotopic (exact) mass is 416 g/mol. The Morgan fingerprint density at radius 2 is 1.87 bits per heavy atom. The van der Waals surface area contributed by atoms with Crippen molar-refractivity contribution in [3.8, 4) is 17.2 Å². The average molecular weight is 416 g/mol. The summed E-state index contributed by atoms with van der Waals surface area (Å²) in [5.41, 5.74) is 0.104. The number of rotatable bonds is 8. The third-order valence-corrected chi connectivity index (χ3v) is 4.92. The van der Waals surface area contributed by atoms with E-state index in [1.807, 2.05) is 12.1 Å². The van der Waals surface area contributed by atoms with Gasteiger partial charge in [-0.15, -0.1) is 0 Å². The summed E-state index contributed by atoms with van der Waals surface area (Å²) in [7, 11) is 3.97. The number of hydrogen-bond donors (Lipinski definition) is 1. The Bertz CT molecular complexity index is 926. The first-order chi connectivity index (χ1) is 14.5. The van der Waals surface area contributed by atoms with Crippen molar-refractivity contribution < 1.29 is 23.9 Å². The van der Waals surface area contributed by atoms with E-state index in [2.05, 4.69) is 15.2 Å². The Labute approximate surface area is 173 Å². The molecule has 30 heavy (non-hydrogen) atoms. The van der Waals surface area contributed by atoms with Gasteiger partial charge < -0.3 is 24.4 Å². The Balaban J connectivity index is 1.81. The van der Waals surface area contributed by atoms with Crippen LogP contribution in [0.15, 0.2) is 24.4 Å². The summed E-state index contributed by atoms with van der Waals surface area (Å²) >= 11 is 0. The van der Waals surface area contributed by atoms with Gasteiger partial charge in [0.1, 0.15) is 11.4 Å². The van der Waals surface area contributed by atoms with Crippen molar-refractivity contribution in [3.63, 3.8) is 0 Å². The number of nitro benzene ring substituents is 1. The number of ether oxygens (including phenoxy) is 3. The number of methoxy groups -OCH3 is 3. The number of anilines is 1. The fourth-order valence-electron chi connectivity index (χ4n) is 3.43. The Hall–Kier alpha value is -3.56. The fourth-order valence-corrected chi connectivity index (χ4v) is 3.43. The third-order valence-electron chi connectivity index (χ3n) is 4.92. The number of nitro groups is 1. The molecule has 10 nitrogen and oxygen atoms in total. The topological polar surface area (TPSA) is 116 Å². The van der Waals surface area contributed by atoms with Crippen molar-refractivity contribution in [2.24, 2.45) is 0 Å². The third kappa shape index (κ3) is 4.22. The molecule has 160 valence electrons. The van der Waals surface area contributed by atoms with Crippen LogP contribution in [-0.2, 0) is 6.54 Å². The Morgan fingerprint density at radius 1 is 1.17 bits per heavy atom. The molecule has 0 radical (unpaired) electrons. The number of pyridine rings is 1. The van der Waals surface area contributed by atoms with Crippen LogP contribution >= 0.6 is 0 Å². The first-order valence-corrected chi connectivity index (χ1v) is 9.45. The van der Waals surface area contributed by atoms with Gasteiger partial charge in [0.2, 0.25) is 11.5 Å². The number of hydrogen-bond acceptors (Lipinski definition) is 8. The average Bonchev–Trinajstić information content (AvgIpc) is 3.30. The number of nitrogens with one attached hydrogen (secondary N) is 1. The van der Waals surface area contributed by atoms with Gasteiger partial charge in [0, 0.05) is 31.9 Å². The maximum atomic E-state index is 12.8. The molecule has 0 saturated carbocycles. The standard InChI is InChI=1S/C20H24N4O6/c1-28-15-10-14(17(24(26)27)19(30-3)18(15)29-2)20(25)22-12-13-6-7-16(21-11-13)23-8-4-5-9-23/h6-7,10-11H,4-5,8-9,12H2,1-3H3,(H,22,25). The molecule has 0 atom stereocenters. The van der Waals surface area contributed by atoms with E-state index in [1.165, 1.54) is 27.4 Å². The summed E-state index contributed by atoms with van der Waals surface area (Å²) in [6.45, 7) is 2.15. The minimum Gasteiger partial charge on any atom is -0.493 e. The van der Waals surface area contributed by atoms with Crippen LogP contribution in [0.3, 0.4) is 0 Å². The van der Waals surface area contributed by atoms with E-state index in [0.717, 1.165) is 37.3 Å². The molecule has 1 aromatic carbocycles. The summed E-state index contributed by atoms with van der Waals surface area (Å²) in [6.07, 6.45) is 4.01. The van der Waals surface area contributed by atoms with Crippen LogP contribution in [0.2, 0.25) is 0 Å². The van der Waals surface area contributed by atoms with Gasteiger partial charge in [-0.25, -0.2) is 4.98 Å². The van der Waals surface area contributed by atoms with Crippen LogP contribution in [0.4, 0.5) is 11.5 Å². The largest absolute Gasteiger partial charge is 0.493 e. The fraction of sp³-hybridized carbons (Fsp3) is 0.400. The predicted molar refractivity (Wildman–Crippen MR) is 110 cm³/mol. The quantitative estimate of drug-likeness (QED) is 0.516. The van der Waals surface area contributed by atoms with Crippen LogP contribution in [0, 0.1) is 10.1 Å². The molecule has 1 aromatic heterocycles. The van der Waals surface area contributed by atoms with Crippen molar-refractivity contribution in [3.05, 3.63) is 45.6 Å². The maximum Gasteiger partial charge on any atom is 0.327 e. The van der Waals surface area contributed by atoms with E-state index in [-0.39, 0.29) is 29.4 Å². The van der Waals surface area contributed by atoms with Crippen molar-refractivity contribution in [2.45, 2.75) is 19.4 Å². The van der Waals surface area contributed by atoms with Crippen LogP contribution in [0.5, 0.6) is 17.2 Å². The molecular weight excluding hydrogens is 392 g/mol. The summed E-state index contributed by atoms with van der Waals surface area (Å²) in [5.74, 6) is 0.294. The van der Waals surface area contributed by atoms with E-state index in [0.29, 0.717) is 0 Å². The molecule has 1 N–H and O–H groups in total. The number of carbonyl (C=O) groups is 1. The zero-order valence-corrected chi connectivity index (χ0v) is 17.1. The molecule has 2 aromatic rings. The minimum atomic E-state index is -0.678. The summed E-state index contributed by atoms with van der Waals surface area (Å²) in [5, 5.41) is 14.3. The Morgan fingerprint density at radius 3 is 2.40 bits per heavy atom. The summed E-state index contributed by atoms with van der Waals surface area (Å²) < 4.78 is 15.5. The van der Waals surface area contributed by atoms with E-state index in [4.69, 9.17) is 14.2 Å². The summed E-state index contributed by atoms with van der Waals surface area (Å²) in [4.78, 5) is 30.4. The molecule has 3 rings (SSSR count). The zero-order valence-electron chi connectivity index (χ0n) is 17.1. The number of aromatic nitrogens is 1. The van der Waals surface area contributed by atoms with Gasteiger partial charge in [-0.2, -0.15) is 0 Å². The van der Waals surface area contributed by atoms with Gasteiger partial charge in [0.05, 0.1) is 26.3 Å². The maximum absolute atomic E-state index is 12.8. The number of carbonyl (C=O) groups excluding carboxylic acids is 1. The normalized spacial score (nSPS) is 13.1.